The lowest BCUT2D eigenvalue weighted by atomic mass is 10.2. The van der Waals surface area contributed by atoms with Crippen molar-refractivity contribution in [2.24, 2.45) is 5.10 Å². The van der Waals surface area contributed by atoms with Gasteiger partial charge in [-0.2, -0.15) is 5.10 Å². The Balaban J connectivity index is 1.49. The number of nitrogens with one attached hydrogen (secondary N) is 1. The minimum atomic E-state index is -0.226. The van der Waals surface area contributed by atoms with Crippen LogP contribution < -0.4 is 5.43 Å². The van der Waals surface area contributed by atoms with Crippen LogP contribution in [0.15, 0.2) is 98.1 Å². The van der Waals surface area contributed by atoms with Crippen molar-refractivity contribution < 1.29 is 4.79 Å². The maximum absolute atomic E-state index is 12.3. The van der Waals surface area contributed by atoms with Gasteiger partial charge in [0.15, 0.2) is 11.0 Å². The topological polar surface area (TPSA) is 72.2 Å². The molecule has 0 saturated carbocycles. The zero-order valence-corrected chi connectivity index (χ0v) is 20.6. The molecule has 0 saturated heterocycles. The summed E-state index contributed by atoms with van der Waals surface area (Å²) >= 11 is 8.16. The van der Waals surface area contributed by atoms with Gasteiger partial charge >= 0.3 is 0 Å². The summed E-state index contributed by atoms with van der Waals surface area (Å²) in [5.41, 5.74) is 5.30. The summed E-state index contributed by atoms with van der Waals surface area (Å²) in [5, 5.41) is 13.4. The molecule has 0 atom stereocenters. The van der Waals surface area contributed by atoms with E-state index in [-0.39, 0.29) is 11.7 Å². The van der Waals surface area contributed by atoms with E-state index in [9.17, 15) is 4.79 Å². The highest BCUT2D eigenvalue weighted by Gasteiger charge is 2.17. The van der Waals surface area contributed by atoms with E-state index in [2.05, 4.69) is 52.6 Å². The Kier molecular flexibility index (Phi) is 7.51. The molecule has 6 nitrogen and oxygen atoms in total. The fourth-order valence-electron chi connectivity index (χ4n) is 2.85. The van der Waals surface area contributed by atoms with E-state index < -0.39 is 0 Å². The fraction of sp³-hybridized carbons (Fsp3) is 0.0435. The first-order valence-electron chi connectivity index (χ1n) is 9.57. The van der Waals surface area contributed by atoms with Crippen LogP contribution in [0.1, 0.15) is 5.56 Å². The molecule has 32 heavy (non-hydrogen) atoms. The molecular formula is C23H17Br2N5OS. The van der Waals surface area contributed by atoms with Crippen LogP contribution in [0.25, 0.3) is 17.1 Å². The van der Waals surface area contributed by atoms with E-state index in [0.717, 1.165) is 25.8 Å². The van der Waals surface area contributed by atoms with Crippen LogP contribution in [-0.2, 0) is 4.79 Å². The molecule has 0 radical (unpaired) electrons. The Morgan fingerprint density at radius 1 is 0.938 bits per heavy atom. The zero-order valence-electron chi connectivity index (χ0n) is 16.7. The largest absolute Gasteiger partial charge is 0.272 e. The molecule has 0 spiro atoms. The lowest BCUT2D eigenvalue weighted by Gasteiger charge is -2.10. The smallest absolute Gasteiger partial charge is 0.250 e. The number of thioether (sulfide) groups is 1. The molecule has 1 amide bonds. The second-order valence-electron chi connectivity index (χ2n) is 6.62. The highest BCUT2D eigenvalue weighted by Crippen LogP contribution is 2.28. The van der Waals surface area contributed by atoms with E-state index in [1.165, 1.54) is 11.8 Å². The Hall–Kier alpha value is -2.75. The summed E-state index contributed by atoms with van der Waals surface area (Å²) < 4.78 is 3.92. The van der Waals surface area contributed by atoms with Crippen LogP contribution in [0.3, 0.4) is 0 Å². The summed E-state index contributed by atoms with van der Waals surface area (Å²) in [4.78, 5) is 12.3. The van der Waals surface area contributed by atoms with Crippen molar-refractivity contribution >= 4 is 55.7 Å². The first-order chi connectivity index (χ1) is 15.6. The molecule has 1 heterocycles. The minimum Gasteiger partial charge on any atom is -0.272 e. The monoisotopic (exact) mass is 569 g/mol. The summed E-state index contributed by atoms with van der Waals surface area (Å²) in [6.45, 7) is 0. The lowest BCUT2D eigenvalue weighted by Crippen LogP contribution is -2.20. The van der Waals surface area contributed by atoms with Crippen molar-refractivity contribution in [1.82, 2.24) is 20.2 Å². The van der Waals surface area contributed by atoms with Crippen LogP contribution in [0.5, 0.6) is 0 Å². The van der Waals surface area contributed by atoms with Crippen LogP contribution >= 0.6 is 43.6 Å². The molecule has 1 N–H and O–H groups in total. The third kappa shape index (κ3) is 5.73. The van der Waals surface area contributed by atoms with Crippen LogP contribution in [0.2, 0.25) is 0 Å². The number of rotatable bonds is 7. The van der Waals surface area contributed by atoms with Crippen molar-refractivity contribution in [3.63, 3.8) is 0 Å². The molecule has 0 aliphatic carbocycles. The predicted octanol–water partition coefficient (Wildman–Crippen LogP) is 5.70. The summed E-state index contributed by atoms with van der Waals surface area (Å²) in [5.74, 6) is 0.638. The number of amides is 1. The van der Waals surface area contributed by atoms with Crippen LogP contribution in [0, 0.1) is 0 Å². The highest BCUT2D eigenvalue weighted by molar-refractivity contribution is 9.10. The molecule has 0 bridgehead atoms. The average Bonchev–Trinajstić information content (AvgIpc) is 3.24. The lowest BCUT2D eigenvalue weighted by molar-refractivity contribution is -0.118. The molecule has 0 unspecified atom stereocenters. The molecule has 9 heteroatoms. The second kappa shape index (κ2) is 10.7. The normalized spacial score (nSPS) is 11.1. The third-order valence-electron chi connectivity index (χ3n) is 4.36. The molecule has 0 fully saturated rings. The van der Waals surface area contributed by atoms with Gasteiger partial charge < -0.3 is 0 Å². The number of hydrogen-bond acceptors (Lipinski definition) is 5. The zero-order chi connectivity index (χ0) is 22.3. The number of nitrogens with zero attached hydrogens (tertiary/aromatic N) is 4. The number of carbonyl (C=O) groups is 1. The van der Waals surface area contributed by atoms with Gasteiger partial charge in [0.2, 0.25) is 0 Å². The van der Waals surface area contributed by atoms with Crippen molar-refractivity contribution in [2.45, 2.75) is 5.16 Å². The van der Waals surface area contributed by atoms with Crippen LogP contribution in [0.4, 0.5) is 0 Å². The quantitative estimate of drug-likeness (QED) is 0.176. The number of hydrazone groups is 1. The molecule has 3 aromatic carbocycles. The van der Waals surface area contributed by atoms with E-state index in [1.54, 1.807) is 6.21 Å². The van der Waals surface area contributed by atoms with E-state index in [0.29, 0.717) is 11.0 Å². The van der Waals surface area contributed by atoms with Crippen LogP contribution in [-0.4, -0.2) is 32.6 Å². The van der Waals surface area contributed by atoms with Gasteiger partial charge in [-0.05, 0) is 42.0 Å². The summed E-state index contributed by atoms with van der Waals surface area (Å²) in [6.07, 6.45) is 1.60. The van der Waals surface area contributed by atoms with Gasteiger partial charge in [-0.15, -0.1) is 10.2 Å². The highest BCUT2D eigenvalue weighted by atomic mass is 79.9. The second-order valence-corrected chi connectivity index (χ2v) is 9.39. The number of aromatic nitrogens is 3. The first-order valence-corrected chi connectivity index (χ1v) is 12.1. The van der Waals surface area contributed by atoms with Gasteiger partial charge in [-0.25, -0.2) is 5.43 Å². The maximum atomic E-state index is 12.3. The van der Waals surface area contributed by atoms with E-state index in [4.69, 9.17) is 0 Å². The Morgan fingerprint density at radius 3 is 2.28 bits per heavy atom. The van der Waals surface area contributed by atoms with Gasteiger partial charge in [0, 0.05) is 20.2 Å². The van der Waals surface area contributed by atoms with Gasteiger partial charge in [0.25, 0.3) is 5.91 Å². The number of hydrogen-bond donors (Lipinski definition) is 1. The van der Waals surface area contributed by atoms with Crippen molar-refractivity contribution in [3.05, 3.63) is 93.4 Å². The average molecular weight is 571 g/mol. The fourth-order valence-corrected chi connectivity index (χ4v) is 4.12. The molecule has 4 aromatic rings. The van der Waals surface area contributed by atoms with Gasteiger partial charge in [0.05, 0.1) is 12.0 Å². The van der Waals surface area contributed by atoms with Gasteiger partial charge in [-0.1, -0.05) is 86.1 Å². The van der Waals surface area contributed by atoms with E-state index in [1.807, 2.05) is 83.4 Å². The van der Waals surface area contributed by atoms with Crippen molar-refractivity contribution in [3.8, 4) is 17.1 Å². The Morgan fingerprint density at radius 2 is 1.59 bits per heavy atom. The van der Waals surface area contributed by atoms with Crippen molar-refractivity contribution in [1.29, 1.82) is 0 Å². The predicted molar refractivity (Wildman–Crippen MR) is 135 cm³/mol. The molecule has 0 aliphatic rings. The Labute approximate surface area is 206 Å². The molecular weight excluding hydrogens is 554 g/mol. The minimum absolute atomic E-state index is 0.156. The van der Waals surface area contributed by atoms with Gasteiger partial charge in [0.1, 0.15) is 0 Å². The standard InChI is InChI=1S/C23H17Br2N5OS/c24-18-10-6-16(7-11-18)14-26-27-21(31)15-32-23-29-28-22(17-8-12-19(25)13-9-17)30(23)20-4-2-1-3-5-20/h1-14H,15H2,(H,27,31). The SMILES string of the molecule is O=C(CSc1nnc(-c2ccc(Br)cc2)n1-c1ccccc1)NN=Cc1ccc(Br)cc1. The number of halogens is 2. The first kappa shape index (κ1) is 22.4. The summed E-state index contributed by atoms with van der Waals surface area (Å²) in [6, 6.07) is 25.4. The van der Waals surface area contributed by atoms with Gasteiger partial charge in [-0.3, -0.25) is 9.36 Å². The van der Waals surface area contributed by atoms with E-state index >= 15 is 0 Å². The molecule has 4 rings (SSSR count). The number of benzene rings is 3. The maximum Gasteiger partial charge on any atom is 0.250 e. The molecule has 0 aliphatic heterocycles. The number of para-hydroxylation sites is 1. The number of carbonyl (C=O) groups excluding carboxylic acids is 1. The molecule has 1 aromatic heterocycles. The van der Waals surface area contributed by atoms with Crippen molar-refractivity contribution in [2.75, 3.05) is 5.75 Å². The summed E-state index contributed by atoms with van der Waals surface area (Å²) in [7, 11) is 0. The Bertz CT molecular complexity index is 1230. The third-order valence-corrected chi connectivity index (χ3v) is 6.34. The molecule has 160 valence electrons.